The molecule has 0 aromatic carbocycles. The highest BCUT2D eigenvalue weighted by Crippen LogP contribution is 2.73. The van der Waals surface area contributed by atoms with Crippen LogP contribution in [0.4, 0.5) is 0 Å². The molecule has 3 aliphatic rings. The Labute approximate surface area is 136 Å². The number of sulfonamides is 1. The van der Waals surface area contributed by atoms with Gasteiger partial charge in [-0.1, -0.05) is 23.2 Å². The van der Waals surface area contributed by atoms with Crippen molar-refractivity contribution in [3.8, 4) is 0 Å². The topological polar surface area (TPSA) is 64.6 Å². The molecule has 10 heteroatoms. The van der Waals surface area contributed by atoms with Crippen molar-refractivity contribution < 1.29 is 17.9 Å². The number of rotatable bonds is 2. The van der Waals surface area contributed by atoms with E-state index in [2.05, 4.69) is 4.72 Å². The Morgan fingerprint density at radius 2 is 1.65 bits per heavy atom. The van der Waals surface area contributed by atoms with Gasteiger partial charge in [-0.2, -0.15) is 0 Å². The molecule has 20 heavy (non-hydrogen) atoms. The lowest BCUT2D eigenvalue weighted by molar-refractivity contribution is -0.218. The van der Waals surface area contributed by atoms with Crippen LogP contribution in [0.3, 0.4) is 0 Å². The number of nitrogens with one attached hydrogen (secondary N) is 1. The molecular formula is C10H11Cl4NO4S. The van der Waals surface area contributed by atoms with E-state index in [1.54, 1.807) is 0 Å². The molecule has 114 valence electrons. The summed E-state index contributed by atoms with van der Waals surface area (Å²) >= 11 is 25.7. The van der Waals surface area contributed by atoms with Crippen molar-refractivity contribution >= 4 is 56.4 Å². The maximum Gasteiger partial charge on any atom is 0.218 e. The number of methoxy groups -OCH3 is 2. The minimum atomic E-state index is -3.70. The lowest BCUT2D eigenvalue weighted by atomic mass is 9.91. The third kappa shape index (κ3) is 1.25. The zero-order valence-corrected chi connectivity index (χ0v) is 14.3. The Morgan fingerprint density at radius 1 is 1.15 bits per heavy atom. The minimum Gasteiger partial charge on any atom is -0.349 e. The number of hydrogen-bond acceptors (Lipinski definition) is 4. The molecule has 1 heterocycles. The molecule has 0 unspecified atom stereocenters. The average Bonchev–Trinajstić information content (AvgIpc) is 2.85. The maximum absolute atomic E-state index is 12.3. The fourth-order valence-corrected chi connectivity index (χ4v) is 8.35. The summed E-state index contributed by atoms with van der Waals surface area (Å²) in [6.07, 6.45) is 0. The first-order chi connectivity index (χ1) is 9.15. The molecule has 4 atom stereocenters. The van der Waals surface area contributed by atoms with Crippen LogP contribution in [-0.2, 0) is 19.5 Å². The van der Waals surface area contributed by atoms with E-state index in [-0.39, 0.29) is 16.6 Å². The summed E-state index contributed by atoms with van der Waals surface area (Å²) < 4.78 is 37.8. The molecule has 0 aromatic heterocycles. The Balaban J connectivity index is 2.38. The number of fused-ring (bicyclic) bond motifs is 5. The summed E-state index contributed by atoms with van der Waals surface area (Å²) in [4.78, 5) is -3.15. The van der Waals surface area contributed by atoms with Crippen molar-refractivity contribution in [1.29, 1.82) is 0 Å². The van der Waals surface area contributed by atoms with E-state index in [0.29, 0.717) is 0 Å². The SMILES string of the molecule is COC1(OC)[C@@]2(Cl)C(Cl)=C(Cl)[C@]1(Cl)[C@@H]1CNS(=O)(=O)[C@@H]12. The van der Waals surface area contributed by atoms with E-state index in [1.807, 2.05) is 0 Å². The van der Waals surface area contributed by atoms with Crippen LogP contribution in [-0.4, -0.2) is 50.0 Å². The molecule has 3 rings (SSSR count). The Morgan fingerprint density at radius 3 is 2.15 bits per heavy atom. The van der Waals surface area contributed by atoms with Crippen molar-refractivity contribution in [2.24, 2.45) is 5.92 Å². The van der Waals surface area contributed by atoms with Gasteiger partial charge in [0.2, 0.25) is 15.8 Å². The van der Waals surface area contributed by atoms with Crippen LogP contribution in [0, 0.1) is 5.92 Å². The normalized spacial score (nSPS) is 47.9. The van der Waals surface area contributed by atoms with Gasteiger partial charge in [-0.25, -0.2) is 13.1 Å². The van der Waals surface area contributed by atoms with Gasteiger partial charge in [0.15, 0.2) is 4.87 Å². The Bertz CT molecular complexity index is 619. The van der Waals surface area contributed by atoms with Crippen molar-refractivity contribution in [2.45, 2.75) is 20.8 Å². The Hall–Kier alpha value is 0.730. The van der Waals surface area contributed by atoms with Crippen molar-refractivity contribution in [2.75, 3.05) is 20.8 Å². The summed E-state index contributed by atoms with van der Waals surface area (Å²) in [6.45, 7) is 0.0971. The van der Waals surface area contributed by atoms with Crippen LogP contribution in [0.5, 0.6) is 0 Å². The summed E-state index contributed by atoms with van der Waals surface area (Å²) in [6, 6.07) is 0. The fraction of sp³-hybridized carbons (Fsp3) is 0.800. The summed E-state index contributed by atoms with van der Waals surface area (Å²) in [5, 5.41) is -1.06. The fourth-order valence-electron chi connectivity index (χ4n) is 3.73. The third-order valence-corrected chi connectivity index (χ3v) is 9.18. The van der Waals surface area contributed by atoms with Crippen LogP contribution >= 0.6 is 46.4 Å². The van der Waals surface area contributed by atoms with Crippen LogP contribution < -0.4 is 4.72 Å². The lowest BCUT2D eigenvalue weighted by Crippen LogP contribution is -2.59. The van der Waals surface area contributed by atoms with Crippen molar-refractivity contribution in [3.63, 3.8) is 0 Å². The van der Waals surface area contributed by atoms with E-state index in [9.17, 15) is 8.42 Å². The second-order valence-electron chi connectivity index (χ2n) is 5.00. The maximum atomic E-state index is 12.3. The second kappa shape index (κ2) is 4.17. The van der Waals surface area contributed by atoms with Crippen LogP contribution in [0.15, 0.2) is 10.1 Å². The highest BCUT2D eigenvalue weighted by Gasteiger charge is 2.88. The molecule has 0 aromatic rings. The summed E-state index contributed by atoms with van der Waals surface area (Å²) in [5.74, 6) is -2.26. The zero-order chi connectivity index (χ0) is 15.1. The lowest BCUT2D eigenvalue weighted by Gasteiger charge is -2.41. The first kappa shape index (κ1) is 15.6. The second-order valence-corrected chi connectivity index (χ2v) is 8.83. The molecule has 2 fully saturated rings. The largest absolute Gasteiger partial charge is 0.349 e. The molecule has 2 bridgehead atoms. The molecule has 1 aliphatic heterocycles. The van der Waals surface area contributed by atoms with E-state index >= 15 is 0 Å². The van der Waals surface area contributed by atoms with E-state index in [4.69, 9.17) is 55.9 Å². The number of alkyl halides is 2. The highest BCUT2D eigenvalue weighted by molar-refractivity contribution is 7.90. The average molecular weight is 383 g/mol. The third-order valence-electron chi connectivity index (χ3n) is 4.47. The van der Waals surface area contributed by atoms with Crippen molar-refractivity contribution in [3.05, 3.63) is 10.1 Å². The van der Waals surface area contributed by atoms with Gasteiger partial charge in [-0.15, -0.1) is 23.2 Å². The first-order valence-electron chi connectivity index (χ1n) is 5.68. The smallest absolute Gasteiger partial charge is 0.218 e. The van der Waals surface area contributed by atoms with Gasteiger partial charge in [0, 0.05) is 26.7 Å². The molecule has 1 saturated heterocycles. The van der Waals surface area contributed by atoms with Crippen LogP contribution in [0.2, 0.25) is 0 Å². The number of ether oxygens (including phenoxy) is 2. The van der Waals surface area contributed by atoms with Gasteiger partial charge >= 0.3 is 0 Å². The predicted molar refractivity (Wildman–Crippen MR) is 76.8 cm³/mol. The molecular weight excluding hydrogens is 372 g/mol. The molecule has 1 N–H and O–H groups in total. The van der Waals surface area contributed by atoms with Gasteiger partial charge in [0.25, 0.3) is 0 Å². The Kier molecular flexibility index (Phi) is 3.26. The van der Waals surface area contributed by atoms with Crippen molar-refractivity contribution in [1.82, 2.24) is 4.72 Å². The highest BCUT2D eigenvalue weighted by atomic mass is 35.5. The quantitative estimate of drug-likeness (QED) is 0.581. The predicted octanol–water partition coefficient (Wildman–Crippen LogP) is 1.56. The van der Waals surface area contributed by atoms with Gasteiger partial charge in [0.05, 0.1) is 10.1 Å². The van der Waals surface area contributed by atoms with E-state index in [0.717, 1.165) is 0 Å². The molecule has 1 saturated carbocycles. The van der Waals surface area contributed by atoms with E-state index in [1.165, 1.54) is 14.2 Å². The monoisotopic (exact) mass is 381 g/mol. The molecule has 0 amide bonds. The molecule has 2 aliphatic carbocycles. The number of hydrogen-bond donors (Lipinski definition) is 1. The van der Waals surface area contributed by atoms with Gasteiger partial charge in [-0.05, 0) is 0 Å². The summed E-state index contributed by atoms with van der Waals surface area (Å²) in [5.41, 5.74) is 0. The van der Waals surface area contributed by atoms with Crippen LogP contribution in [0.25, 0.3) is 0 Å². The van der Waals surface area contributed by atoms with Crippen LogP contribution in [0.1, 0.15) is 0 Å². The molecule has 5 nitrogen and oxygen atoms in total. The number of halogens is 4. The standard InChI is InChI=1S/C10H11Cl4NO4S/c1-18-10(19-2)8(13)4-3-15-20(16,17)7(4)9(10,14)6(12)5(8)11/h4,7,15H,3H2,1-2H3/t4-,7+,8-,9-/m1/s1. The molecule has 0 spiro atoms. The van der Waals surface area contributed by atoms with Gasteiger partial charge in [-0.3, -0.25) is 0 Å². The van der Waals surface area contributed by atoms with E-state index < -0.39 is 36.7 Å². The minimum absolute atomic E-state index is 0.0481. The van der Waals surface area contributed by atoms with Gasteiger partial charge < -0.3 is 9.47 Å². The molecule has 0 radical (unpaired) electrons. The zero-order valence-electron chi connectivity index (χ0n) is 10.4. The van der Waals surface area contributed by atoms with Gasteiger partial charge in [0.1, 0.15) is 10.1 Å². The summed E-state index contributed by atoms with van der Waals surface area (Å²) in [7, 11) is -1.04. The first-order valence-corrected chi connectivity index (χ1v) is 8.73.